The normalized spacial score (nSPS) is 18.6. The van der Waals surface area contributed by atoms with Crippen molar-refractivity contribution >= 4 is 0 Å². The maximum absolute atomic E-state index is 5.83. The summed E-state index contributed by atoms with van der Waals surface area (Å²) in [6.07, 6.45) is 4.88. The average molecular weight is 277 g/mol. The second-order valence-electron chi connectivity index (χ2n) is 5.42. The van der Waals surface area contributed by atoms with Crippen molar-refractivity contribution in [1.29, 1.82) is 0 Å². The van der Waals surface area contributed by atoms with Gasteiger partial charge in [0.15, 0.2) is 0 Å². The Morgan fingerprint density at radius 2 is 2.10 bits per heavy atom. The van der Waals surface area contributed by atoms with Gasteiger partial charge in [0.05, 0.1) is 19.3 Å². The number of ether oxygens (including phenoxy) is 2. The molecule has 0 amide bonds. The molecule has 1 N–H and O–H groups in total. The summed E-state index contributed by atoms with van der Waals surface area (Å²) >= 11 is 0. The lowest BCUT2D eigenvalue weighted by Crippen LogP contribution is -2.18. The standard InChI is InChI=1S/C17H27NO2/c1-2-10-18-11-9-15-6-3-4-7-16(15)13-19-14-17-8-5-12-20-17/h3-4,6-7,17-18H,2,5,8-14H2,1H3. The molecule has 0 saturated carbocycles. The largest absolute Gasteiger partial charge is 0.376 e. The first-order chi connectivity index (χ1) is 9.90. The number of rotatable bonds is 9. The highest BCUT2D eigenvalue weighted by molar-refractivity contribution is 5.26. The second kappa shape index (κ2) is 9.11. The Morgan fingerprint density at radius 3 is 2.85 bits per heavy atom. The Hall–Kier alpha value is -0.900. The zero-order valence-corrected chi connectivity index (χ0v) is 12.6. The molecule has 1 fully saturated rings. The zero-order valence-electron chi connectivity index (χ0n) is 12.6. The molecular weight excluding hydrogens is 250 g/mol. The Labute approximate surface area is 122 Å². The summed E-state index contributed by atoms with van der Waals surface area (Å²) in [5, 5.41) is 3.45. The van der Waals surface area contributed by atoms with Crippen molar-refractivity contribution in [3.63, 3.8) is 0 Å². The highest BCUT2D eigenvalue weighted by Crippen LogP contribution is 2.15. The molecule has 1 aromatic rings. The van der Waals surface area contributed by atoms with E-state index in [1.165, 1.54) is 24.0 Å². The molecular formula is C17H27NO2. The third kappa shape index (κ3) is 5.23. The van der Waals surface area contributed by atoms with Gasteiger partial charge in [-0.1, -0.05) is 31.2 Å². The molecule has 1 aromatic carbocycles. The highest BCUT2D eigenvalue weighted by atomic mass is 16.5. The Morgan fingerprint density at radius 1 is 1.25 bits per heavy atom. The van der Waals surface area contributed by atoms with Crippen LogP contribution in [0, 0.1) is 0 Å². The van der Waals surface area contributed by atoms with E-state index < -0.39 is 0 Å². The van der Waals surface area contributed by atoms with E-state index in [9.17, 15) is 0 Å². The van der Waals surface area contributed by atoms with E-state index in [4.69, 9.17) is 9.47 Å². The maximum Gasteiger partial charge on any atom is 0.0809 e. The van der Waals surface area contributed by atoms with E-state index in [0.29, 0.717) is 12.7 Å². The van der Waals surface area contributed by atoms with Gasteiger partial charge in [0, 0.05) is 6.61 Å². The molecule has 1 atom stereocenters. The van der Waals surface area contributed by atoms with Gasteiger partial charge in [-0.25, -0.2) is 0 Å². The second-order valence-corrected chi connectivity index (χ2v) is 5.42. The van der Waals surface area contributed by atoms with E-state index in [1.54, 1.807) is 0 Å². The van der Waals surface area contributed by atoms with E-state index >= 15 is 0 Å². The van der Waals surface area contributed by atoms with Gasteiger partial charge in [0.25, 0.3) is 0 Å². The van der Waals surface area contributed by atoms with Gasteiger partial charge in [0.1, 0.15) is 0 Å². The lowest BCUT2D eigenvalue weighted by molar-refractivity contribution is 0.0104. The molecule has 0 spiro atoms. The molecule has 1 aliphatic rings. The summed E-state index contributed by atoms with van der Waals surface area (Å²) in [6.45, 7) is 6.65. The molecule has 1 aliphatic heterocycles. The minimum absolute atomic E-state index is 0.313. The molecule has 0 radical (unpaired) electrons. The van der Waals surface area contributed by atoms with Crippen molar-refractivity contribution in [2.75, 3.05) is 26.3 Å². The molecule has 1 saturated heterocycles. The van der Waals surface area contributed by atoms with Crippen LogP contribution in [0.2, 0.25) is 0 Å². The first-order valence-corrected chi connectivity index (χ1v) is 7.87. The Balaban J connectivity index is 1.74. The van der Waals surface area contributed by atoms with Crippen LogP contribution in [-0.4, -0.2) is 32.4 Å². The number of benzene rings is 1. The quantitative estimate of drug-likeness (QED) is 0.704. The van der Waals surface area contributed by atoms with Crippen molar-refractivity contribution in [2.24, 2.45) is 0 Å². The Bertz CT molecular complexity index is 375. The monoisotopic (exact) mass is 277 g/mol. The van der Waals surface area contributed by atoms with Crippen LogP contribution in [0.25, 0.3) is 0 Å². The molecule has 3 nitrogen and oxygen atoms in total. The predicted octanol–water partition coefficient (Wildman–Crippen LogP) is 2.92. The molecule has 0 aliphatic carbocycles. The first-order valence-electron chi connectivity index (χ1n) is 7.87. The van der Waals surface area contributed by atoms with E-state index in [1.807, 2.05) is 0 Å². The minimum atomic E-state index is 0.313. The smallest absolute Gasteiger partial charge is 0.0809 e. The molecule has 3 heteroatoms. The molecule has 20 heavy (non-hydrogen) atoms. The van der Waals surface area contributed by atoms with Crippen LogP contribution in [0.3, 0.4) is 0 Å². The van der Waals surface area contributed by atoms with Crippen LogP contribution in [0.4, 0.5) is 0 Å². The fourth-order valence-electron chi connectivity index (χ4n) is 2.54. The lowest BCUT2D eigenvalue weighted by Gasteiger charge is -2.13. The number of hydrogen-bond acceptors (Lipinski definition) is 3. The SMILES string of the molecule is CCCNCCc1ccccc1COCC1CCCO1. The van der Waals surface area contributed by atoms with E-state index in [0.717, 1.165) is 39.1 Å². The van der Waals surface area contributed by atoms with Gasteiger partial charge in [-0.05, 0) is 49.9 Å². The third-order valence-corrected chi connectivity index (χ3v) is 3.70. The number of nitrogens with one attached hydrogen (secondary N) is 1. The third-order valence-electron chi connectivity index (χ3n) is 3.70. The van der Waals surface area contributed by atoms with Crippen LogP contribution in [0.1, 0.15) is 37.3 Å². The zero-order chi connectivity index (χ0) is 14.0. The Kier molecular flexibility index (Phi) is 7.06. The predicted molar refractivity (Wildman–Crippen MR) is 81.9 cm³/mol. The lowest BCUT2D eigenvalue weighted by atomic mass is 10.1. The average Bonchev–Trinajstić information content (AvgIpc) is 2.98. The van der Waals surface area contributed by atoms with Crippen molar-refractivity contribution in [3.8, 4) is 0 Å². The van der Waals surface area contributed by atoms with Crippen LogP contribution >= 0.6 is 0 Å². The van der Waals surface area contributed by atoms with Gasteiger partial charge in [-0.2, -0.15) is 0 Å². The summed E-state index contributed by atoms with van der Waals surface area (Å²) in [5.41, 5.74) is 2.70. The summed E-state index contributed by atoms with van der Waals surface area (Å²) in [6, 6.07) is 8.58. The first kappa shape index (κ1) is 15.5. The van der Waals surface area contributed by atoms with Crippen molar-refractivity contribution in [3.05, 3.63) is 35.4 Å². The van der Waals surface area contributed by atoms with Crippen molar-refractivity contribution < 1.29 is 9.47 Å². The summed E-state index contributed by atoms with van der Waals surface area (Å²) < 4.78 is 11.4. The van der Waals surface area contributed by atoms with Crippen molar-refractivity contribution in [1.82, 2.24) is 5.32 Å². The fraction of sp³-hybridized carbons (Fsp3) is 0.647. The van der Waals surface area contributed by atoms with Gasteiger partial charge < -0.3 is 14.8 Å². The van der Waals surface area contributed by atoms with E-state index in [2.05, 4.69) is 36.5 Å². The molecule has 1 heterocycles. The summed E-state index contributed by atoms with van der Waals surface area (Å²) in [4.78, 5) is 0. The van der Waals surface area contributed by atoms with E-state index in [-0.39, 0.29) is 0 Å². The summed E-state index contributed by atoms with van der Waals surface area (Å²) in [7, 11) is 0. The van der Waals surface area contributed by atoms with Gasteiger partial charge >= 0.3 is 0 Å². The van der Waals surface area contributed by atoms with Gasteiger partial charge in [0.2, 0.25) is 0 Å². The highest BCUT2D eigenvalue weighted by Gasteiger charge is 2.15. The van der Waals surface area contributed by atoms with Crippen LogP contribution in [-0.2, 0) is 22.5 Å². The summed E-state index contributed by atoms with van der Waals surface area (Å²) in [5.74, 6) is 0. The molecule has 0 bridgehead atoms. The fourth-order valence-corrected chi connectivity index (χ4v) is 2.54. The van der Waals surface area contributed by atoms with Gasteiger partial charge in [-0.15, -0.1) is 0 Å². The van der Waals surface area contributed by atoms with Crippen LogP contribution < -0.4 is 5.32 Å². The number of hydrogen-bond donors (Lipinski definition) is 1. The molecule has 1 unspecified atom stereocenters. The van der Waals surface area contributed by atoms with Crippen LogP contribution in [0.15, 0.2) is 24.3 Å². The minimum Gasteiger partial charge on any atom is -0.376 e. The molecule has 0 aromatic heterocycles. The topological polar surface area (TPSA) is 30.5 Å². The molecule has 112 valence electrons. The van der Waals surface area contributed by atoms with Crippen molar-refractivity contribution in [2.45, 2.75) is 45.3 Å². The maximum atomic E-state index is 5.83. The molecule has 2 rings (SSSR count). The van der Waals surface area contributed by atoms with Crippen LogP contribution in [0.5, 0.6) is 0 Å². The van der Waals surface area contributed by atoms with Gasteiger partial charge in [-0.3, -0.25) is 0 Å².